The number of fused-ring (bicyclic) bond motifs is 1. The summed E-state index contributed by atoms with van der Waals surface area (Å²) in [5, 5.41) is 10.6. The van der Waals surface area contributed by atoms with Gasteiger partial charge in [-0.3, -0.25) is 14.2 Å². The van der Waals surface area contributed by atoms with Crippen LogP contribution in [0.1, 0.15) is 37.3 Å². The minimum atomic E-state index is -1.94. The fourth-order valence-corrected chi connectivity index (χ4v) is 4.77. The number of imidazole rings is 1. The lowest BCUT2D eigenvalue weighted by Gasteiger charge is -2.21. The van der Waals surface area contributed by atoms with E-state index in [-0.39, 0.29) is 28.1 Å². The molecular formula is C31H24FN5O6. The third-order valence-electron chi connectivity index (χ3n) is 6.96. The van der Waals surface area contributed by atoms with Crippen molar-refractivity contribution < 1.29 is 33.4 Å². The Morgan fingerprint density at radius 3 is 1.98 bits per heavy atom. The summed E-state index contributed by atoms with van der Waals surface area (Å²) in [5.41, 5.74) is 0.848. The third-order valence-corrected chi connectivity index (χ3v) is 6.96. The van der Waals surface area contributed by atoms with Crippen molar-refractivity contribution >= 4 is 34.8 Å². The molecule has 5 aromatic rings. The van der Waals surface area contributed by atoms with Gasteiger partial charge in [-0.25, -0.2) is 29.0 Å². The fraction of sp³-hybridized carbons (Fsp3) is 0.161. The van der Waals surface area contributed by atoms with Gasteiger partial charge in [0.05, 0.1) is 11.9 Å². The largest absolute Gasteiger partial charge is 0.459 e. The Kier molecular flexibility index (Phi) is 7.69. The molecule has 1 N–H and O–H groups in total. The number of imide groups is 1. The highest BCUT2D eigenvalue weighted by Crippen LogP contribution is 2.35. The maximum atomic E-state index is 15.4. The van der Waals surface area contributed by atoms with Gasteiger partial charge in [0.15, 0.2) is 29.4 Å². The summed E-state index contributed by atoms with van der Waals surface area (Å²) in [6, 6.07) is 24.6. The molecule has 1 aliphatic heterocycles. The van der Waals surface area contributed by atoms with E-state index >= 15 is 4.39 Å². The number of aliphatic hydroxyl groups is 1. The van der Waals surface area contributed by atoms with Crippen LogP contribution in [0.15, 0.2) is 104 Å². The van der Waals surface area contributed by atoms with Crippen molar-refractivity contribution in [3.63, 3.8) is 0 Å². The molecule has 2 amide bonds. The number of carbonyl (C=O) groups excluding carboxylic acids is 3. The molecule has 0 saturated carbocycles. The van der Waals surface area contributed by atoms with Gasteiger partial charge in [0.25, 0.3) is 11.8 Å². The molecule has 1 aliphatic rings. The van der Waals surface area contributed by atoms with Crippen molar-refractivity contribution in [3.8, 4) is 0 Å². The van der Waals surface area contributed by atoms with Crippen molar-refractivity contribution in [2.75, 3.05) is 11.5 Å². The van der Waals surface area contributed by atoms with Crippen LogP contribution in [-0.4, -0.2) is 67.4 Å². The summed E-state index contributed by atoms with van der Waals surface area (Å²) in [6.45, 7) is -0.399. The van der Waals surface area contributed by atoms with Gasteiger partial charge in [-0.1, -0.05) is 54.6 Å². The summed E-state index contributed by atoms with van der Waals surface area (Å²) in [6.07, 6.45) is -3.79. The summed E-state index contributed by atoms with van der Waals surface area (Å²) in [7, 11) is 0. The van der Waals surface area contributed by atoms with Crippen molar-refractivity contribution in [1.82, 2.24) is 19.5 Å². The van der Waals surface area contributed by atoms with Crippen LogP contribution in [0, 0.1) is 0 Å². The predicted octanol–water partition coefficient (Wildman–Crippen LogP) is 3.77. The number of halogens is 1. The number of hydrogen-bond acceptors (Lipinski definition) is 9. The quantitative estimate of drug-likeness (QED) is 0.225. The monoisotopic (exact) mass is 581 g/mol. The van der Waals surface area contributed by atoms with Gasteiger partial charge in [0.1, 0.15) is 25.1 Å². The highest BCUT2D eigenvalue weighted by Gasteiger charge is 2.46. The zero-order chi connectivity index (χ0) is 29.9. The molecule has 6 rings (SSSR count). The molecule has 12 heteroatoms. The van der Waals surface area contributed by atoms with Crippen LogP contribution in [0.4, 0.5) is 10.2 Å². The van der Waals surface area contributed by atoms with Crippen molar-refractivity contribution in [2.24, 2.45) is 0 Å². The van der Waals surface area contributed by atoms with Crippen molar-refractivity contribution in [1.29, 1.82) is 0 Å². The molecule has 0 bridgehead atoms. The number of ether oxygens (including phenoxy) is 2. The number of rotatable bonds is 7. The fourth-order valence-electron chi connectivity index (χ4n) is 4.77. The van der Waals surface area contributed by atoms with E-state index in [4.69, 9.17) is 9.47 Å². The number of carbonyl (C=O) groups is 3. The first-order chi connectivity index (χ1) is 20.9. The Balaban J connectivity index is 1.31. The second-order valence-corrected chi connectivity index (χ2v) is 9.66. The van der Waals surface area contributed by atoms with Crippen LogP contribution in [0.5, 0.6) is 0 Å². The number of nitrogens with zero attached hydrogens (tertiary/aromatic N) is 5. The first-order valence-corrected chi connectivity index (χ1v) is 13.3. The lowest BCUT2D eigenvalue weighted by molar-refractivity contribution is -0.0529. The molecule has 3 aromatic carbocycles. The topological polar surface area (TPSA) is 137 Å². The number of anilines is 1. The molecule has 0 spiro atoms. The van der Waals surface area contributed by atoms with E-state index in [0.717, 1.165) is 11.2 Å². The van der Waals surface area contributed by atoms with E-state index in [9.17, 15) is 19.5 Å². The van der Waals surface area contributed by atoms with Crippen LogP contribution >= 0.6 is 0 Å². The standard InChI is InChI=1S/C31H24FN5O6/c32-23-25(38)22(16-42-31(41)21-14-8-3-9-15-21)43-30(23)36-18-35-24-26(36)33-17-34-27(24)37(28(39)19-10-4-1-5-11-19)29(40)20-12-6-2-7-13-20/h1-15,17-18,22-23,25,30,38H,16H2/t22-,23+,25-,30?/m1/s1. The average molecular weight is 582 g/mol. The lowest BCUT2D eigenvalue weighted by Crippen LogP contribution is -2.38. The molecule has 0 aliphatic carbocycles. The number of amides is 2. The molecule has 1 unspecified atom stereocenters. The molecule has 0 radical (unpaired) electrons. The van der Waals surface area contributed by atoms with E-state index in [2.05, 4.69) is 15.0 Å². The predicted molar refractivity (Wildman–Crippen MR) is 151 cm³/mol. The van der Waals surface area contributed by atoms with Crippen molar-refractivity contribution in [3.05, 3.63) is 120 Å². The van der Waals surface area contributed by atoms with E-state index < -0.39 is 49.0 Å². The summed E-state index contributed by atoms with van der Waals surface area (Å²) < 4.78 is 27.7. The number of esters is 1. The van der Waals surface area contributed by atoms with E-state index in [1.165, 1.54) is 10.9 Å². The van der Waals surface area contributed by atoms with Gasteiger partial charge in [0, 0.05) is 11.1 Å². The van der Waals surface area contributed by atoms with E-state index in [1.54, 1.807) is 91.0 Å². The third kappa shape index (κ3) is 5.36. The maximum Gasteiger partial charge on any atom is 0.338 e. The van der Waals surface area contributed by atoms with Gasteiger partial charge >= 0.3 is 5.97 Å². The van der Waals surface area contributed by atoms with E-state index in [0.29, 0.717) is 5.56 Å². The highest BCUT2D eigenvalue weighted by atomic mass is 19.1. The molecule has 1 fully saturated rings. The first kappa shape index (κ1) is 27.8. The smallest absolute Gasteiger partial charge is 0.338 e. The van der Waals surface area contributed by atoms with Crippen molar-refractivity contribution in [2.45, 2.75) is 24.6 Å². The molecule has 43 heavy (non-hydrogen) atoms. The maximum absolute atomic E-state index is 15.4. The van der Waals surface area contributed by atoms with Crippen LogP contribution in [-0.2, 0) is 9.47 Å². The molecule has 2 aromatic heterocycles. The zero-order valence-electron chi connectivity index (χ0n) is 22.4. The SMILES string of the molecule is O=C(OC[C@H]1OC(n2cnc3c(N(C(=O)c4ccccc4)C(=O)c4ccccc4)ncnc32)[C@@H](F)[C@@H]1O)c1ccccc1. The van der Waals surface area contributed by atoms with E-state index in [1.807, 2.05) is 0 Å². The number of aromatic nitrogens is 4. The van der Waals surface area contributed by atoms with Gasteiger partial charge in [-0.15, -0.1) is 0 Å². The molecule has 3 heterocycles. The Morgan fingerprint density at radius 1 is 0.837 bits per heavy atom. The number of hydrogen-bond donors (Lipinski definition) is 1. The zero-order valence-corrected chi connectivity index (χ0v) is 22.4. The van der Waals surface area contributed by atoms with Gasteiger partial charge in [-0.05, 0) is 36.4 Å². The van der Waals surface area contributed by atoms with Gasteiger partial charge in [0.2, 0.25) is 0 Å². The van der Waals surface area contributed by atoms with Gasteiger partial charge < -0.3 is 14.6 Å². The summed E-state index contributed by atoms with van der Waals surface area (Å²) in [4.78, 5) is 53.4. The van der Waals surface area contributed by atoms with Gasteiger partial charge in [-0.2, -0.15) is 0 Å². The molecular weight excluding hydrogens is 557 g/mol. The highest BCUT2D eigenvalue weighted by molar-refractivity contribution is 6.27. The molecule has 1 saturated heterocycles. The van der Waals surface area contributed by atoms with Crippen LogP contribution in [0.3, 0.4) is 0 Å². The van der Waals surface area contributed by atoms with Crippen LogP contribution in [0.2, 0.25) is 0 Å². The second kappa shape index (κ2) is 11.9. The number of benzene rings is 3. The summed E-state index contributed by atoms with van der Waals surface area (Å²) >= 11 is 0. The number of alkyl halides is 1. The molecule has 11 nitrogen and oxygen atoms in total. The lowest BCUT2D eigenvalue weighted by atomic mass is 10.1. The number of aliphatic hydroxyl groups excluding tert-OH is 1. The Morgan fingerprint density at radius 2 is 1.40 bits per heavy atom. The Bertz CT molecular complexity index is 1720. The minimum absolute atomic E-state index is 0.0281. The van der Waals surface area contributed by atoms with Crippen LogP contribution in [0.25, 0.3) is 11.2 Å². The normalized spacial score (nSPS) is 19.7. The summed E-state index contributed by atoms with van der Waals surface area (Å²) in [5.74, 6) is -2.07. The molecule has 216 valence electrons. The average Bonchev–Trinajstić information content (AvgIpc) is 3.61. The Labute approximate surface area is 244 Å². The first-order valence-electron chi connectivity index (χ1n) is 13.3. The second-order valence-electron chi connectivity index (χ2n) is 9.66. The molecule has 4 atom stereocenters. The minimum Gasteiger partial charge on any atom is -0.459 e. The van der Waals surface area contributed by atoms with Crippen LogP contribution < -0.4 is 4.90 Å². The Hall–Kier alpha value is -5.33.